The highest BCUT2D eigenvalue weighted by Gasteiger charge is 2.28. The molecule has 0 radical (unpaired) electrons. The summed E-state index contributed by atoms with van der Waals surface area (Å²) in [5.74, 6) is 1.58. The van der Waals surface area contributed by atoms with Crippen LogP contribution in [0.25, 0.3) is 5.57 Å². The Hall–Kier alpha value is -1.85. The predicted molar refractivity (Wildman–Crippen MR) is 111 cm³/mol. The van der Waals surface area contributed by atoms with Crippen LogP contribution in [0.5, 0.6) is 0 Å². The van der Waals surface area contributed by atoms with Gasteiger partial charge in [-0.15, -0.1) is 0 Å². The van der Waals surface area contributed by atoms with Crippen LogP contribution >= 0.6 is 11.3 Å². The topological polar surface area (TPSA) is 30.9 Å². The Morgan fingerprint density at radius 1 is 1.19 bits per heavy atom. The number of hydrogen-bond acceptors (Lipinski definition) is 5. The zero-order valence-electron chi connectivity index (χ0n) is 15.9. The van der Waals surface area contributed by atoms with E-state index in [1.807, 2.05) is 0 Å². The summed E-state index contributed by atoms with van der Waals surface area (Å²) in [5, 5.41) is 7.88. The maximum atomic E-state index is 5.09. The summed E-state index contributed by atoms with van der Waals surface area (Å²) < 4.78 is 0. The van der Waals surface area contributed by atoms with Crippen molar-refractivity contribution in [3.63, 3.8) is 0 Å². The molecule has 0 bridgehead atoms. The highest BCUT2D eigenvalue weighted by atomic mass is 32.1. The van der Waals surface area contributed by atoms with Crippen molar-refractivity contribution in [2.75, 3.05) is 26.2 Å². The van der Waals surface area contributed by atoms with Gasteiger partial charge in [0.25, 0.3) is 0 Å². The Kier molecular flexibility index (Phi) is 5.00. The molecule has 4 heterocycles. The Morgan fingerprint density at radius 3 is 2.73 bits per heavy atom. The molecule has 5 heteroatoms. The lowest BCUT2D eigenvalue weighted by molar-refractivity contribution is 0.306. The molecule has 0 amide bonds. The smallest absolute Gasteiger partial charge is 0.156 e. The van der Waals surface area contributed by atoms with Crippen molar-refractivity contribution in [1.82, 2.24) is 15.1 Å². The first-order chi connectivity index (χ1) is 12.6. The van der Waals surface area contributed by atoms with E-state index in [4.69, 9.17) is 4.99 Å². The van der Waals surface area contributed by atoms with Crippen LogP contribution in [0.4, 0.5) is 0 Å². The summed E-state index contributed by atoms with van der Waals surface area (Å²) in [6.07, 6.45) is 8.05. The maximum Gasteiger partial charge on any atom is 0.156 e. The minimum atomic E-state index is 0.238. The van der Waals surface area contributed by atoms with E-state index in [2.05, 4.69) is 71.2 Å². The molecule has 3 aliphatic rings. The van der Waals surface area contributed by atoms with Crippen LogP contribution in [-0.4, -0.2) is 47.9 Å². The quantitative estimate of drug-likeness (QED) is 0.858. The van der Waals surface area contributed by atoms with Gasteiger partial charge in [0, 0.05) is 38.6 Å². The number of nitrogens with one attached hydrogen (secondary N) is 1. The van der Waals surface area contributed by atoms with Crippen molar-refractivity contribution in [2.45, 2.75) is 33.2 Å². The molecule has 1 fully saturated rings. The number of piperazine rings is 1. The van der Waals surface area contributed by atoms with E-state index in [1.165, 1.54) is 22.4 Å². The molecule has 0 saturated carbocycles. The molecule has 4 rings (SSSR count). The highest BCUT2D eigenvalue weighted by molar-refractivity contribution is 7.08. The summed E-state index contributed by atoms with van der Waals surface area (Å²) in [4.78, 5) is 9.86. The molecule has 1 N–H and O–H groups in total. The molecule has 0 aliphatic carbocycles. The van der Waals surface area contributed by atoms with Gasteiger partial charge in [0.05, 0.1) is 11.7 Å². The Labute approximate surface area is 160 Å². The minimum Gasteiger partial charge on any atom is -0.366 e. The molecular weight excluding hydrogens is 340 g/mol. The Balaban J connectivity index is 1.76. The fourth-order valence-electron chi connectivity index (χ4n) is 3.78. The first-order valence-electron chi connectivity index (χ1n) is 9.58. The van der Waals surface area contributed by atoms with E-state index < -0.39 is 0 Å². The van der Waals surface area contributed by atoms with Gasteiger partial charge in [-0.05, 0) is 59.7 Å². The van der Waals surface area contributed by atoms with Gasteiger partial charge >= 0.3 is 0 Å². The molecule has 0 spiro atoms. The van der Waals surface area contributed by atoms with Crippen LogP contribution in [0, 0.1) is 5.92 Å². The second-order valence-electron chi connectivity index (χ2n) is 7.47. The summed E-state index contributed by atoms with van der Waals surface area (Å²) in [7, 11) is 0. The third kappa shape index (κ3) is 3.38. The second kappa shape index (κ2) is 7.41. The highest BCUT2D eigenvalue weighted by Crippen LogP contribution is 2.33. The predicted octanol–water partition coefficient (Wildman–Crippen LogP) is 3.92. The maximum absolute atomic E-state index is 5.09. The molecule has 1 saturated heterocycles. The number of rotatable bonds is 2. The van der Waals surface area contributed by atoms with Crippen LogP contribution in [0.2, 0.25) is 0 Å². The second-order valence-corrected chi connectivity index (χ2v) is 8.25. The van der Waals surface area contributed by atoms with Crippen molar-refractivity contribution in [3.8, 4) is 0 Å². The zero-order valence-corrected chi connectivity index (χ0v) is 16.7. The van der Waals surface area contributed by atoms with E-state index in [0.29, 0.717) is 5.92 Å². The van der Waals surface area contributed by atoms with Crippen molar-refractivity contribution in [3.05, 3.63) is 52.1 Å². The zero-order chi connectivity index (χ0) is 18.1. The van der Waals surface area contributed by atoms with E-state index in [0.717, 1.165) is 38.4 Å². The van der Waals surface area contributed by atoms with Gasteiger partial charge in [0.15, 0.2) is 5.84 Å². The number of thiophene rings is 1. The van der Waals surface area contributed by atoms with Gasteiger partial charge in [0.2, 0.25) is 0 Å². The number of allylic oxidation sites excluding steroid dienone is 2. The first-order valence-corrected chi connectivity index (χ1v) is 10.5. The normalized spacial score (nSPS) is 26.9. The van der Waals surface area contributed by atoms with Gasteiger partial charge in [-0.3, -0.25) is 4.99 Å². The Bertz CT molecular complexity index is 766. The average Bonchev–Trinajstić information content (AvgIpc) is 3.17. The summed E-state index contributed by atoms with van der Waals surface area (Å²) >= 11 is 1.77. The standard InChI is InChI=1S/C21H28N4S/c1-15-4-5-20(24-9-7-22-8-10-24)21-23-17(3)16(2)12-25(21)13-19(15)18-6-11-26-14-18/h5-6,11-15,17,22H,4,7-10H2,1-3H3. The van der Waals surface area contributed by atoms with Crippen LogP contribution in [0.15, 0.2) is 51.6 Å². The van der Waals surface area contributed by atoms with E-state index in [1.54, 1.807) is 11.3 Å². The molecule has 2 atom stereocenters. The fraction of sp³-hybridized carbons (Fsp3) is 0.476. The van der Waals surface area contributed by atoms with Crippen molar-refractivity contribution in [1.29, 1.82) is 0 Å². The van der Waals surface area contributed by atoms with Crippen molar-refractivity contribution in [2.24, 2.45) is 10.9 Å². The third-order valence-electron chi connectivity index (χ3n) is 5.58. The van der Waals surface area contributed by atoms with Gasteiger partial charge in [-0.1, -0.05) is 13.0 Å². The molecule has 138 valence electrons. The van der Waals surface area contributed by atoms with Crippen LogP contribution < -0.4 is 5.32 Å². The molecule has 0 aromatic carbocycles. The van der Waals surface area contributed by atoms with Gasteiger partial charge in [-0.25, -0.2) is 0 Å². The molecule has 3 aliphatic heterocycles. The molecule has 2 unspecified atom stereocenters. The van der Waals surface area contributed by atoms with Gasteiger partial charge < -0.3 is 15.1 Å². The van der Waals surface area contributed by atoms with Crippen LogP contribution in [0.1, 0.15) is 32.8 Å². The lowest BCUT2D eigenvalue weighted by Crippen LogP contribution is -2.46. The molecular formula is C21H28N4S. The fourth-order valence-corrected chi connectivity index (χ4v) is 4.45. The summed E-state index contributed by atoms with van der Waals surface area (Å²) in [5.41, 5.74) is 5.34. The van der Waals surface area contributed by atoms with Crippen LogP contribution in [0.3, 0.4) is 0 Å². The lowest BCUT2D eigenvalue weighted by Gasteiger charge is -2.38. The molecule has 4 nitrogen and oxygen atoms in total. The SMILES string of the molecule is CC1=CN2C=C(c3ccsc3)C(C)CC=C(N3CCNCC3)C2=NC1C. The third-order valence-corrected chi connectivity index (χ3v) is 6.26. The summed E-state index contributed by atoms with van der Waals surface area (Å²) in [6.45, 7) is 10.9. The molecule has 1 aromatic heterocycles. The lowest BCUT2D eigenvalue weighted by atomic mass is 9.91. The van der Waals surface area contributed by atoms with E-state index in [9.17, 15) is 0 Å². The molecule has 1 aromatic rings. The monoisotopic (exact) mass is 368 g/mol. The Morgan fingerprint density at radius 2 is 2.00 bits per heavy atom. The van der Waals surface area contributed by atoms with Gasteiger partial charge in [0.1, 0.15) is 0 Å². The number of aliphatic imine (C=N–C) groups is 1. The van der Waals surface area contributed by atoms with E-state index in [-0.39, 0.29) is 6.04 Å². The first kappa shape index (κ1) is 17.6. The summed E-state index contributed by atoms with van der Waals surface area (Å²) in [6, 6.07) is 2.47. The molecule has 26 heavy (non-hydrogen) atoms. The van der Waals surface area contributed by atoms with Crippen molar-refractivity contribution < 1.29 is 0 Å². The number of amidine groups is 1. The van der Waals surface area contributed by atoms with Gasteiger partial charge in [-0.2, -0.15) is 11.3 Å². The average molecular weight is 369 g/mol. The number of hydrogen-bond donors (Lipinski definition) is 1. The number of nitrogens with zero attached hydrogens (tertiary/aromatic N) is 3. The number of fused-ring (bicyclic) bond motifs is 1. The van der Waals surface area contributed by atoms with E-state index >= 15 is 0 Å². The largest absolute Gasteiger partial charge is 0.366 e. The minimum absolute atomic E-state index is 0.238. The van der Waals surface area contributed by atoms with Crippen LogP contribution in [-0.2, 0) is 0 Å². The van der Waals surface area contributed by atoms with Crippen molar-refractivity contribution >= 4 is 22.7 Å².